The van der Waals surface area contributed by atoms with Crippen LogP contribution in [0.2, 0.25) is 0 Å². The van der Waals surface area contributed by atoms with Crippen LogP contribution < -0.4 is 5.32 Å². The van der Waals surface area contributed by atoms with E-state index in [0.29, 0.717) is 18.7 Å². The zero-order valence-electron chi connectivity index (χ0n) is 12.8. The molecule has 0 aliphatic carbocycles. The molecule has 0 aliphatic rings. The zero-order valence-corrected chi connectivity index (χ0v) is 12.8. The van der Waals surface area contributed by atoms with E-state index in [1.165, 1.54) is 0 Å². The molecule has 7 heteroatoms. The fraction of sp³-hybridized carbons (Fsp3) is 0.333. The predicted molar refractivity (Wildman–Crippen MR) is 82.7 cm³/mol. The molecule has 7 nitrogen and oxygen atoms in total. The van der Waals surface area contributed by atoms with Crippen molar-refractivity contribution in [2.24, 2.45) is 0 Å². The average Bonchev–Trinajstić information content (AvgIpc) is 3.07. The molecule has 0 aliphatic heterocycles. The Morgan fingerprint density at radius 2 is 2.18 bits per heavy atom. The van der Waals surface area contributed by atoms with Crippen LogP contribution in [0.1, 0.15) is 29.1 Å². The summed E-state index contributed by atoms with van der Waals surface area (Å²) in [6.07, 6.45) is 2.61. The predicted octanol–water partition coefficient (Wildman–Crippen LogP) is 1.95. The number of hydrogen-bond acceptors (Lipinski definition) is 4. The lowest BCUT2D eigenvalue weighted by atomic mass is 10.1. The molecule has 3 aromatic rings. The van der Waals surface area contributed by atoms with Crippen LogP contribution in [0.25, 0.3) is 5.65 Å². The van der Waals surface area contributed by atoms with Crippen LogP contribution in [0.5, 0.6) is 0 Å². The summed E-state index contributed by atoms with van der Waals surface area (Å²) >= 11 is 0. The first kappa shape index (κ1) is 14.2. The molecule has 0 spiro atoms. The highest BCUT2D eigenvalue weighted by atomic mass is 16.1. The summed E-state index contributed by atoms with van der Waals surface area (Å²) in [6.45, 7) is 5.93. The van der Waals surface area contributed by atoms with E-state index in [2.05, 4.69) is 25.6 Å². The summed E-state index contributed by atoms with van der Waals surface area (Å²) in [4.78, 5) is 16.5. The van der Waals surface area contributed by atoms with E-state index in [9.17, 15) is 4.79 Å². The Labute approximate surface area is 127 Å². The van der Waals surface area contributed by atoms with Gasteiger partial charge in [-0.1, -0.05) is 0 Å². The number of aryl methyl sites for hydroxylation is 3. The molecular formula is C15H18N6O. The van der Waals surface area contributed by atoms with Gasteiger partial charge in [0.15, 0.2) is 5.65 Å². The fourth-order valence-electron chi connectivity index (χ4n) is 2.58. The van der Waals surface area contributed by atoms with E-state index >= 15 is 0 Å². The monoisotopic (exact) mass is 298 g/mol. The van der Waals surface area contributed by atoms with Crippen molar-refractivity contribution >= 4 is 17.4 Å². The summed E-state index contributed by atoms with van der Waals surface area (Å²) in [7, 11) is 0. The Bertz CT molecular complexity index is 818. The Morgan fingerprint density at radius 3 is 2.91 bits per heavy atom. The summed E-state index contributed by atoms with van der Waals surface area (Å²) in [6, 6.07) is 3.67. The second-order valence-electron chi connectivity index (χ2n) is 5.34. The molecule has 3 heterocycles. The molecular weight excluding hydrogens is 280 g/mol. The Kier molecular flexibility index (Phi) is 3.62. The number of rotatable bonds is 4. The van der Waals surface area contributed by atoms with Gasteiger partial charge in [-0.25, -0.2) is 9.50 Å². The minimum Gasteiger partial charge on any atom is -0.311 e. The van der Waals surface area contributed by atoms with E-state index in [1.54, 1.807) is 12.3 Å². The minimum absolute atomic E-state index is 0.0557. The Hall–Kier alpha value is -2.70. The molecule has 0 saturated heterocycles. The van der Waals surface area contributed by atoms with Gasteiger partial charge in [-0.2, -0.15) is 10.2 Å². The summed E-state index contributed by atoms with van der Waals surface area (Å²) < 4.78 is 1.84. The highest BCUT2D eigenvalue weighted by Gasteiger charge is 2.13. The lowest BCUT2D eigenvalue weighted by Crippen LogP contribution is -2.14. The number of fused-ring (bicyclic) bond motifs is 1. The van der Waals surface area contributed by atoms with E-state index in [0.717, 1.165) is 28.3 Å². The van der Waals surface area contributed by atoms with Crippen molar-refractivity contribution in [3.05, 3.63) is 41.0 Å². The maximum absolute atomic E-state index is 12.0. The molecule has 114 valence electrons. The number of hydrogen-bond donors (Lipinski definition) is 2. The fourth-order valence-corrected chi connectivity index (χ4v) is 2.58. The van der Waals surface area contributed by atoms with E-state index in [1.807, 2.05) is 31.4 Å². The summed E-state index contributed by atoms with van der Waals surface area (Å²) in [5.74, 6) is 0.550. The molecule has 0 atom stereocenters. The third kappa shape index (κ3) is 2.69. The van der Waals surface area contributed by atoms with Crippen molar-refractivity contribution in [2.45, 2.75) is 33.6 Å². The van der Waals surface area contributed by atoms with Crippen LogP contribution in [-0.2, 0) is 11.2 Å². The summed E-state index contributed by atoms with van der Waals surface area (Å²) in [5.41, 5.74) is 4.82. The van der Waals surface area contributed by atoms with Gasteiger partial charge in [-0.3, -0.25) is 9.89 Å². The van der Waals surface area contributed by atoms with Gasteiger partial charge in [0.2, 0.25) is 5.91 Å². The molecule has 3 rings (SSSR count). The molecule has 0 unspecified atom stereocenters. The number of anilines is 1. The zero-order chi connectivity index (χ0) is 15.7. The SMILES string of the molecule is Cc1cc2nc(C)c(CCC(=O)Nc3ccn[nH]3)c(C)n2n1. The standard InChI is InChI=1S/C15H18N6O/c1-9-8-14-17-10(2)12(11(3)21(14)20-9)4-5-15(22)18-13-6-7-16-19-13/h6-8H,4-5H2,1-3H3,(H2,16,18,19,22). The second kappa shape index (κ2) is 5.59. The van der Waals surface area contributed by atoms with Crippen LogP contribution >= 0.6 is 0 Å². The maximum Gasteiger partial charge on any atom is 0.225 e. The molecule has 22 heavy (non-hydrogen) atoms. The topological polar surface area (TPSA) is 88.0 Å². The molecule has 0 aromatic carbocycles. The molecule has 0 saturated carbocycles. The van der Waals surface area contributed by atoms with Gasteiger partial charge in [0.25, 0.3) is 0 Å². The van der Waals surface area contributed by atoms with E-state index in [4.69, 9.17) is 0 Å². The molecule has 0 fully saturated rings. The largest absolute Gasteiger partial charge is 0.311 e. The van der Waals surface area contributed by atoms with Gasteiger partial charge in [-0.05, 0) is 32.8 Å². The van der Waals surface area contributed by atoms with Gasteiger partial charge >= 0.3 is 0 Å². The number of aromatic amines is 1. The van der Waals surface area contributed by atoms with Gasteiger partial charge in [0.05, 0.1) is 11.9 Å². The van der Waals surface area contributed by atoms with Crippen molar-refractivity contribution in [3.8, 4) is 0 Å². The van der Waals surface area contributed by atoms with Crippen molar-refractivity contribution in [1.29, 1.82) is 0 Å². The number of H-pyrrole nitrogens is 1. The van der Waals surface area contributed by atoms with Gasteiger partial charge in [0.1, 0.15) is 5.82 Å². The lowest BCUT2D eigenvalue weighted by molar-refractivity contribution is -0.116. The lowest BCUT2D eigenvalue weighted by Gasteiger charge is -2.10. The molecule has 0 bridgehead atoms. The van der Waals surface area contributed by atoms with Crippen molar-refractivity contribution < 1.29 is 4.79 Å². The Balaban J connectivity index is 1.77. The van der Waals surface area contributed by atoms with Crippen LogP contribution in [0.4, 0.5) is 5.82 Å². The first-order valence-corrected chi connectivity index (χ1v) is 7.16. The number of aromatic nitrogens is 5. The first-order valence-electron chi connectivity index (χ1n) is 7.16. The number of carbonyl (C=O) groups excluding carboxylic acids is 1. The van der Waals surface area contributed by atoms with Gasteiger partial charge in [-0.15, -0.1) is 0 Å². The molecule has 1 amide bonds. The van der Waals surface area contributed by atoms with Gasteiger partial charge < -0.3 is 5.32 Å². The molecule has 3 aromatic heterocycles. The number of nitrogens with zero attached hydrogens (tertiary/aromatic N) is 4. The van der Waals surface area contributed by atoms with Gasteiger partial charge in [0, 0.05) is 29.9 Å². The third-order valence-corrected chi connectivity index (χ3v) is 3.66. The van der Waals surface area contributed by atoms with Crippen LogP contribution in [0.3, 0.4) is 0 Å². The summed E-state index contributed by atoms with van der Waals surface area (Å²) in [5, 5.41) is 13.7. The van der Waals surface area contributed by atoms with Crippen LogP contribution in [-0.4, -0.2) is 30.7 Å². The smallest absolute Gasteiger partial charge is 0.225 e. The number of amides is 1. The number of carbonyl (C=O) groups is 1. The van der Waals surface area contributed by atoms with E-state index < -0.39 is 0 Å². The van der Waals surface area contributed by atoms with Crippen LogP contribution in [0, 0.1) is 20.8 Å². The normalized spacial score (nSPS) is 11.0. The highest BCUT2D eigenvalue weighted by molar-refractivity contribution is 5.89. The minimum atomic E-state index is -0.0557. The maximum atomic E-state index is 12.0. The van der Waals surface area contributed by atoms with E-state index in [-0.39, 0.29) is 5.91 Å². The van der Waals surface area contributed by atoms with Crippen molar-refractivity contribution in [3.63, 3.8) is 0 Å². The van der Waals surface area contributed by atoms with Crippen molar-refractivity contribution in [1.82, 2.24) is 24.8 Å². The Morgan fingerprint density at radius 1 is 1.36 bits per heavy atom. The van der Waals surface area contributed by atoms with Crippen LogP contribution in [0.15, 0.2) is 18.3 Å². The number of nitrogens with one attached hydrogen (secondary N) is 2. The highest BCUT2D eigenvalue weighted by Crippen LogP contribution is 2.17. The third-order valence-electron chi connectivity index (χ3n) is 3.66. The molecule has 2 N–H and O–H groups in total. The molecule has 0 radical (unpaired) electrons. The average molecular weight is 298 g/mol. The van der Waals surface area contributed by atoms with Crippen molar-refractivity contribution in [2.75, 3.05) is 5.32 Å². The first-order chi connectivity index (χ1) is 10.5. The quantitative estimate of drug-likeness (QED) is 0.770. The second-order valence-corrected chi connectivity index (χ2v) is 5.34.